The highest BCUT2D eigenvalue weighted by Crippen LogP contribution is 2.32. The van der Waals surface area contributed by atoms with Crippen LogP contribution in [0.4, 0.5) is 0 Å². The summed E-state index contributed by atoms with van der Waals surface area (Å²) >= 11 is 0. The van der Waals surface area contributed by atoms with E-state index in [0.717, 1.165) is 47.6 Å². The van der Waals surface area contributed by atoms with Gasteiger partial charge in [-0.15, -0.1) is 0 Å². The van der Waals surface area contributed by atoms with Gasteiger partial charge in [0.25, 0.3) is 0 Å². The summed E-state index contributed by atoms with van der Waals surface area (Å²) in [7, 11) is 1.84. The third kappa shape index (κ3) is 2.30. The van der Waals surface area contributed by atoms with Gasteiger partial charge in [0.05, 0.1) is 18.0 Å². The third-order valence-electron chi connectivity index (χ3n) is 3.70. The number of aromatic nitrogens is 4. The van der Waals surface area contributed by atoms with E-state index in [1.807, 2.05) is 20.2 Å². The summed E-state index contributed by atoms with van der Waals surface area (Å²) in [5, 5.41) is 4.36. The van der Waals surface area contributed by atoms with Gasteiger partial charge in [-0.25, -0.2) is 14.8 Å². The topological polar surface area (TPSA) is 69.9 Å². The Balaban J connectivity index is 2.19. The lowest BCUT2D eigenvalue weighted by Crippen LogP contribution is -2.08. The maximum absolute atomic E-state index is 12.1. The summed E-state index contributed by atoms with van der Waals surface area (Å²) in [5.41, 5.74) is 4.26. The van der Waals surface area contributed by atoms with Gasteiger partial charge in [-0.2, -0.15) is 5.10 Å². The monoisotopic (exact) mass is 286 g/mol. The summed E-state index contributed by atoms with van der Waals surface area (Å²) < 4.78 is 6.85. The number of rotatable bonds is 2. The van der Waals surface area contributed by atoms with Gasteiger partial charge in [-0.3, -0.25) is 4.68 Å². The highest BCUT2D eigenvalue weighted by Gasteiger charge is 2.27. The molecular weight excluding hydrogens is 268 g/mol. The lowest BCUT2D eigenvalue weighted by atomic mass is 10.1. The van der Waals surface area contributed by atoms with Crippen molar-refractivity contribution in [1.29, 1.82) is 0 Å². The normalized spacial score (nSPS) is 13.3. The van der Waals surface area contributed by atoms with Crippen LogP contribution < -0.4 is 0 Å². The maximum atomic E-state index is 12.1. The second kappa shape index (κ2) is 5.27. The molecule has 2 heterocycles. The van der Waals surface area contributed by atoms with Crippen LogP contribution in [0.25, 0.3) is 11.4 Å². The van der Waals surface area contributed by atoms with E-state index in [9.17, 15) is 4.79 Å². The highest BCUT2D eigenvalue weighted by atomic mass is 16.5. The first-order valence-corrected chi connectivity index (χ1v) is 7.17. The molecule has 0 saturated carbocycles. The van der Waals surface area contributed by atoms with Crippen LogP contribution in [0, 0.1) is 6.92 Å². The predicted molar refractivity (Wildman–Crippen MR) is 77.0 cm³/mol. The van der Waals surface area contributed by atoms with Crippen molar-refractivity contribution in [2.75, 3.05) is 6.61 Å². The molecule has 110 valence electrons. The van der Waals surface area contributed by atoms with Gasteiger partial charge < -0.3 is 4.74 Å². The zero-order valence-electron chi connectivity index (χ0n) is 12.5. The standard InChI is InChI=1S/C15H18N4O2/c1-4-21-15(20)13-11-7-5-6-10-8-16-9(2)17-12(10)14(11)19(3)18-13/h8H,4-7H2,1-3H3. The number of ether oxygens (including phenoxy) is 1. The zero-order valence-corrected chi connectivity index (χ0v) is 12.5. The van der Waals surface area contributed by atoms with Crippen LogP contribution in [0.2, 0.25) is 0 Å². The summed E-state index contributed by atoms with van der Waals surface area (Å²) in [5.74, 6) is 0.365. The first-order chi connectivity index (χ1) is 10.1. The second-order valence-corrected chi connectivity index (χ2v) is 5.16. The van der Waals surface area contributed by atoms with E-state index in [2.05, 4.69) is 15.1 Å². The van der Waals surface area contributed by atoms with Crippen molar-refractivity contribution in [3.05, 3.63) is 28.8 Å². The Morgan fingerprint density at radius 1 is 1.43 bits per heavy atom. The van der Waals surface area contributed by atoms with Crippen LogP contribution in [0.3, 0.4) is 0 Å². The van der Waals surface area contributed by atoms with Crippen molar-refractivity contribution in [1.82, 2.24) is 19.7 Å². The molecule has 6 heteroatoms. The van der Waals surface area contributed by atoms with Gasteiger partial charge in [-0.1, -0.05) is 0 Å². The molecule has 0 unspecified atom stereocenters. The van der Waals surface area contributed by atoms with Crippen LogP contribution in [0.1, 0.15) is 40.8 Å². The van der Waals surface area contributed by atoms with Crippen molar-refractivity contribution in [3.8, 4) is 11.4 Å². The Morgan fingerprint density at radius 3 is 3.00 bits per heavy atom. The number of fused-ring (bicyclic) bond motifs is 3. The zero-order chi connectivity index (χ0) is 15.0. The highest BCUT2D eigenvalue weighted by molar-refractivity contribution is 5.91. The molecule has 0 spiro atoms. The number of esters is 1. The van der Waals surface area contributed by atoms with E-state index >= 15 is 0 Å². The van der Waals surface area contributed by atoms with Crippen LogP contribution in [0.15, 0.2) is 6.20 Å². The number of hydrogen-bond acceptors (Lipinski definition) is 5. The quantitative estimate of drug-likeness (QED) is 0.788. The molecule has 1 aliphatic rings. The minimum Gasteiger partial charge on any atom is -0.461 e. The van der Waals surface area contributed by atoms with Gasteiger partial charge in [0.2, 0.25) is 0 Å². The molecule has 2 aromatic heterocycles. The smallest absolute Gasteiger partial charge is 0.359 e. The third-order valence-corrected chi connectivity index (χ3v) is 3.70. The van der Waals surface area contributed by atoms with E-state index in [1.54, 1.807) is 11.6 Å². The lowest BCUT2D eigenvalue weighted by molar-refractivity contribution is 0.0517. The van der Waals surface area contributed by atoms with Crippen molar-refractivity contribution in [2.24, 2.45) is 7.05 Å². The molecule has 6 nitrogen and oxygen atoms in total. The summed E-state index contributed by atoms with van der Waals surface area (Å²) in [6, 6.07) is 0. The second-order valence-electron chi connectivity index (χ2n) is 5.16. The molecular formula is C15H18N4O2. The minimum absolute atomic E-state index is 0.349. The molecule has 0 aromatic carbocycles. The fraction of sp³-hybridized carbons (Fsp3) is 0.467. The Bertz CT molecular complexity index is 706. The number of carbonyl (C=O) groups is 1. The predicted octanol–water partition coefficient (Wildman–Crippen LogP) is 1.85. The summed E-state index contributed by atoms with van der Waals surface area (Å²) in [4.78, 5) is 20.9. The van der Waals surface area contributed by atoms with Crippen LogP contribution >= 0.6 is 0 Å². The molecule has 3 rings (SSSR count). The average molecular weight is 286 g/mol. The van der Waals surface area contributed by atoms with Crippen LogP contribution in [0.5, 0.6) is 0 Å². The summed E-state index contributed by atoms with van der Waals surface area (Å²) in [6.45, 7) is 4.01. The maximum Gasteiger partial charge on any atom is 0.359 e. The molecule has 0 bridgehead atoms. The fourth-order valence-electron chi connectivity index (χ4n) is 2.80. The molecule has 0 saturated heterocycles. The van der Waals surface area contributed by atoms with Crippen molar-refractivity contribution in [3.63, 3.8) is 0 Å². The van der Waals surface area contributed by atoms with E-state index in [0.29, 0.717) is 12.3 Å². The van der Waals surface area contributed by atoms with E-state index in [1.165, 1.54) is 0 Å². The Kier molecular flexibility index (Phi) is 3.45. The number of carbonyl (C=O) groups excluding carboxylic acids is 1. The molecule has 0 aliphatic heterocycles. The molecule has 0 fully saturated rings. The van der Waals surface area contributed by atoms with Crippen LogP contribution in [-0.4, -0.2) is 32.3 Å². The van der Waals surface area contributed by atoms with Gasteiger partial charge in [-0.05, 0) is 38.7 Å². The largest absolute Gasteiger partial charge is 0.461 e. The van der Waals surface area contributed by atoms with Gasteiger partial charge in [0, 0.05) is 18.8 Å². The van der Waals surface area contributed by atoms with Crippen molar-refractivity contribution >= 4 is 5.97 Å². The average Bonchev–Trinajstić information content (AvgIpc) is 2.66. The first kappa shape index (κ1) is 13.7. The molecule has 0 amide bonds. The van der Waals surface area contributed by atoms with Gasteiger partial charge >= 0.3 is 5.97 Å². The Hall–Kier alpha value is -2.24. The van der Waals surface area contributed by atoms with E-state index < -0.39 is 0 Å². The van der Waals surface area contributed by atoms with Crippen molar-refractivity contribution in [2.45, 2.75) is 33.1 Å². The molecule has 0 N–H and O–H groups in total. The minimum atomic E-state index is -0.358. The lowest BCUT2D eigenvalue weighted by Gasteiger charge is -2.07. The van der Waals surface area contributed by atoms with Gasteiger partial charge in [0.1, 0.15) is 5.82 Å². The fourth-order valence-corrected chi connectivity index (χ4v) is 2.80. The van der Waals surface area contributed by atoms with Gasteiger partial charge in [0.15, 0.2) is 5.69 Å². The first-order valence-electron chi connectivity index (χ1n) is 7.17. The van der Waals surface area contributed by atoms with E-state index in [4.69, 9.17) is 4.74 Å². The molecule has 2 aromatic rings. The molecule has 0 atom stereocenters. The Labute approximate surface area is 123 Å². The van der Waals surface area contributed by atoms with Crippen LogP contribution in [-0.2, 0) is 24.6 Å². The molecule has 21 heavy (non-hydrogen) atoms. The number of aryl methyl sites for hydroxylation is 3. The van der Waals surface area contributed by atoms with Crippen molar-refractivity contribution < 1.29 is 9.53 Å². The SMILES string of the molecule is CCOC(=O)c1nn(C)c2c1CCCc1cnc(C)nc1-2. The van der Waals surface area contributed by atoms with E-state index in [-0.39, 0.29) is 5.97 Å². The molecule has 1 aliphatic carbocycles. The Morgan fingerprint density at radius 2 is 2.24 bits per heavy atom. The number of nitrogens with zero attached hydrogens (tertiary/aromatic N) is 4. The number of hydrogen-bond donors (Lipinski definition) is 0. The summed E-state index contributed by atoms with van der Waals surface area (Å²) in [6.07, 6.45) is 4.54. The molecule has 0 radical (unpaired) electrons.